The molecule has 7 nitrogen and oxygen atoms in total. The maximum atomic E-state index is 13.3. The largest absolute Gasteiger partial charge is 0.324 e. The predicted octanol–water partition coefficient (Wildman–Crippen LogP) is 3.80. The molecule has 0 unspecified atom stereocenters. The fraction of sp³-hybridized carbons (Fsp3) is 0.200. The molecule has 2 fully saturated rings. The zero-order valence-corrected chi connectivity index (χ0v) is 18.7. The minimum Gasteiger partial charge on any atom is -0.324 e. The van der Waals surface area contributed by atoms with Crippen molar-refractivity contribution in [3.8, 4) is 0 Å². The van der Waals surface area contributed by atoms with Gasteiger partial charge in [0, 0.05) is 47.6 Å². The van der Waals surface area contributed by atoms with Gasteiger partial charge in [-0.1, -0.05) is 48.5 Å². The first-order valence-corrected chi connectivity index (χ1v) is 11.7. The van der Waals surface area contributed by atoms with Gasteiger partial charge in [-0.05, 0) is 18.2 Å². The Labute approximate surface area is 195 Å². The highest BCUT2D eigenvalue weighted by molar-refractivity contribution is 7.99. The summed E-state index contributed by atoms with van der Waals surface area (Å²) in [5, 5.41) is 2.75. The highest BCUT2D eigenvalue weighted by Crippen LogP contribution is 2.46. The van der Waals surface area contributed by atoms with Crippen molar-refractivity contribution in [1.82, 2.24) is 14.8 Å². The third-order valence-electron chi connectivity index (χ3n) is 6.01. The van der Waals surface area contributed by atoms with Crippen LogP contribution in [0.3, 0.4) is 0 Å². The molecule has 5 rings (SSSR count). The number of benzene rings is 2. The van der Waals surface area contributed by atoms with Crippen LogP contribution in [0.1, 0.15) is 26.9 Å². The van der Waals surface area contributed by atoms with E-state index in [1.807, 2.05) is 30.3 Å². The Morgan fingerprint density at radius 1 is 1.03 bits per heavy atom. The molecule has 0 bridgehead atoms. The smallest absolute Gasteiger partial charge is 0.322 e. The van der Waals surface area contributed by atoms with Gasteiger partial charge in [0.15, 0.2) is 5.78 Å². The van der Waals surface area contributed by atoms with Crippen LogP contribution in [-0.4, -0.2) is 57.4 Å². The SMILES string of the molecule is CN1C(=O)N2[C@H](c3cccnc3)SC[C@H]2[C@@H]1C(=O)Nc1cccc(C(=O)c2ccccc2)c1. The molecule has 3 aromatic rings. The minimum absolute atomic E-state index is 0.113. The normalized spacial score (nSPS) is 21.7. The second-order valence-corrected chi connectivity index (χ2v) is 9.16. The number of fused-ring (bicyclic) bond motifs is 1. The van der Waals surface area contributed by atoms with Gasteiger partial charge < -0.3 is 15.1 Å². The highest BCUT2D eigenvalue weighted by Gasteiger charge is 2.54. The number of nitrogens with zero attached hydrogens (tertiary/aromatic N) is 3. The quantitative estimate of drug-likeness (QED) is 0.588. The topological polar surface area (TPSA) is 82.6 Å². The fourth-order valence-electron chi connectivity index (χ4n) is 4.41. The Kier molecular flexibility index (Phi) is 5.60. The Morgan fingerprint density at radius 2 is 1.82 bits per heavy atom. The number of nitrogens with one attached hydrogen (secondary N) is 1. The molecule has 33 heavy (non-hydrogen) atoms. The standard InChI is InChI=1S/C25H22N4O3S/c1-28-21(20-15-33-24(29(20)25(28)32)18-10-6-12-26-14-18)23(31)27-19-11-5-9-17(13-19)22(30)16-7-3-2-4-8-16/h2-14,20-21,24H,15H2,1H3,(H,27,31)/t20-,21+,24-/m0/s1. The molecule has 0 spiro atoms. The van der Waals surface area contributed by atoms with E-state index in [1.54, 1.807) is 72.5 Å². The van der Waals surface area contributed by atoms with Gasteiger partial charge in [-0.15, -0.1) is 11.8 Å². The lowest BCUT2D eigenvalue weighted by atomic mass is 10.0. The summed E-state index contributed by atoms with van der Waals surface area (Å²) in [6, 6.07) is 18.6. The highest BCUT2D eigenvalue weighted by atomic mass is 32.2. The lowest BCUT2D eigenvalue weighted by Gasteiger charge is -2.22. The molecule has 1 aromatic heterocycles. The lowest BCUT2D eigenvalue weighted by molar-refractivity contribution is -0.120. The molecule has 2 aliphatic heterocycles. The Balaban J connectivity index is 1.34. The number of anilines is 1. The van der Waals surface area contributed by atoms with Crippen molar-refractivity contribution in [2.45, 2.75) is 17.5 Å². The molecule has 1 N–H and O–H groups in total. The third-order valence-corrected chi connectivity index (χ3v) is 7.35. The van der Waals surface area contributed by atoms with E-state index in [-0.39, 0.29) is 29.1 Å². The summed E-state index contributed by atoms with van der Waals surface area (Å²) in [7, 11) is 1.66. The van der Waals surface area contributed by atoms with E-state index in [9.17, 15) is 14.4 Å². The number of carbonyl (C=O) groups is 3. The summed E-state index contributed by atoms with van der Waals surface area (Å²) in [6.45, 7) is 0. The molecule has 2 saturated heterocycles. The van der Waals surface area contributed by atoms with Crippen LogP contribution in [0, 0.1) is 0 Å². The number of likely N-dealkylation sites (N-methyl/N-ethyl adjacent to an activating group) is 1. The van der Waals surface area contributed by atoms with Crippen LogP contribution >= 0.6 is 11.8 Å². The monoisotopic (exact) mass is 458 g/mol. The zero-order chi connectivity index (χ0) is 22.9. The molecular formula is C25H22N4O3S. The van der Waals surface area contributed by atoms with Gasteiger partial charge in [-0.2, -0.15) is 0 Å². The van der Waals surface area contributed by atoms with E-state index in [0.29, 0.717) is 22.6 Å². The number of hydrogen-bond donors (Lipinski definition) is 1. The average molecular weight is 459 g/mol. The summed E-state index contributed by atoms with van der Waals surface area (Å²) < 4.78 is 0. The number of rotatable bonds is 5. The minimum atomic E-state index is -0.625. The maximum absolute atomic E-state index is 13.3. The number of urea groups is 1. The first-order valence-electron chi connectivity index (χ1n) is 10.6. The lowest BCUT2D eigenvalue weighted by Crippen LogP contribution is -2.45. The summed E-state index contributed by atoms with van der Waals surface area (Å²) in [5.74, 6) is 0.271. The molecule has 8 heteroatoms. The average Bonchev–Trinajstić information content (AvgIpc) is 3.38. The van der Waals surface area contributed by atoms with E-state index in [1.165, 1.54) is 4.90 Å². The Bertz CT molecular complexity index is 1200. The summed E-state index contributed by atoms with van der Waals surface area (Å²) in [4.78, 5) is 46.5. The van der Waals surface area contributed by atoms with Crippen LogP contribution in [0.25, 0.3) is 0 Å². The molecule has 3 heterocycles. The van der Waals surface area contributed by atoms with Gasteiger partial charge in [-0.25, -0.2) is 4.79 Å². The van der Waals surface area contributed by atoms with Gasteiger partial charge in [0.25, 0.3) is 0 Å². The van der Waals surface area contributed by atoms with Crippen molar-refractivity contribution in [2.24, 2.45) is 0 Å². The molecule has 0 saturated carbocycles. The maximum Gasteiger partial charge on any atom is 0.322 e. The van der Waals surface area contributed by atoms with Crippen LogP contribution in [0.5, 0.6) is 0 Å². The molecule has 2 aliphatic rings. The second kappa shape index (κ2) is 8.71. The van der Waals surface area contributed by atoms with Crippen molar-refractivity contribution >= 4 is 35.2 Å². The number of pyridine rings is 1. The van der Waals surface area contributed by atoms with E-state index < -0.39 is 6.04 Å². The van der Waals surface area contributed by atoms with Crippen molar-refractivity contribution < 1.29 is 14.4 Å². The zero-order valence-electron chi connectivity index (χ0n) is 17.9. The summed E-state index contributed by atoms with van der Waals surface area (Å²) in [6.07, 6.45) is 3.46. The number of hydrogen-bond acceptors (Lipinski definition) is 5. The van der Waals surface area contributed by atoms with E-state index in [2.05, 4.69) is 10.3 Å². The number of carbonyl (C=O) groups excluding carboxylic acids is 3. The fourth-order valence-corrected chi connectivity index (χ4v) is 5.87. The number of thioether (sulfide) groups is 1. The number of amides is 3. The van der Waals surface area contributed by atoms with E-state index in [4.69, 9.17) is 0 Å². The van der Waals surface area contributed by atoms with Crippen LogP contribution in [0.15, 0.2) is 79.1 Å². The van der Waals surface area contributed by atoms with Crippen LogP contribution < -0.4 is 5.32 Å². The van der Waals surface area contributed by atoms with Crippen LogP contribution in [-0.2, 0) is 4.79 Å². The first kappa shape index (κ1) is 21.2. The number of aromatic nitrogens is 1. The summed E-state index contributed by atoms with van der Waals surface area (Å²) in [5.41, 5.74) is 2.54. The van der Waals surface area contributed by atoms with Gasteiger partial charge in [0.1, 0.15) is 11.4 Å². The van der Waals surface area contributed by atoms with Gasteiger partial charge in [0.05, 0.1) is 6.04 Å². The molecule has 0 radical (unpaired) electrons. The second-order valence-electron chi connectivity index (χ2n) is 8.05. The van der Waals surface area contributed by atoms with Gasteiger partial charge in [0.2, 0.25) is 5.91 Å². The Morgan fingerprint density at radius 3 is 2.58 bits per heavy atom. The van der Waals surface area contributed by atoms with Gasteiger partial charge in [-0.3, -0.25) is 14.6 Å². The molecule has 0 aliphatic carbocycles. The third kappa shape index (κ3) is 3.87. The first-order chi connectivity index (χ1) is 16.0. The number of ketones is 1. The molecule has 166 valence electrons. The van der Waals surface area contributed by atoms with Crippen molar-refractivity contribution in [2.75, 3.05) is 18.1 Å². The van der Waals surface area contributed by atoms with Crippen LogP contribution in [0.4, 0.5) is 10.5 Å². The van der Waals surface area contributed by atoms with Crippen LogP contribution in [0.2, 0.25) is 0 Å². The molecule has 3 amide bonds. The molecule has 3 atom stereocenters. The Hall–Kier alpha value is -3.65. The van der Waals surface area contributed by atoms with Gasteiger partial charge >= 0.3 is 6.03 Å². The van der Waals surface area contributed by atoms with Crippen molar-refractivity contribution in [3.63, 3.8) is 0 Å². The molecular weight excluding hydrogens is 436 g/mol. The van der Waals surface area contributed by atoms with E-state index in [0.717, 1.165) is 5.56 Å². The van der Waals surface area contributed by atoms with Crippen molar-refractivity contribution in [1.29, 1.82) is 0 Å². The van der Waals surface area contributed by atoms with E-state index >= 15 is 0 Å². The predicted molar refractivity (Wildman–Crippen MR) is 127 cm³/mol. The summed E-state index contributed by atoms with van der Waals surface area (Å²) >= 11 is 1.64. The van der Waals surface area contributed by atoms with Crippen molar-refractivity contribution in [3.05, 3.63) is 95.8 Å². The molecule has 2 aromatic carbocycles.